The van der Waals surface area contributed by atoms with Gasteiger partial charge >= 0.3 is 0 Å². The molecule has 4 heteroatoms. The molecule has 0 atom stereocenters. The van der Waals surface area contributed by atoms with E-state index in [9.17, 15) is 0 Å². The summed E-state index contributed by atoms with van der Waals surface area (Å²) in [5, 5.41) is 0. The summed E-state index contributed by atoms with van der Waals surface area (Å²) in [7, 11) is 0. The lowest BCUT2D eigenvalue weighted by atomic mass is 9.88. The minimum Gasteiger partial charge on any atom is -0.375 e. The molecule has 2 saturated heterocycles. The van der Waals surface area contributed by atoms with E-state index in [2.05, 4.69) is 16.8 Å². The highest BCUT2D eigenvalue weighted by Crippen LogP contribution is 2.37. The zero-order valence-electron chi connectivity index (χ0n) is 12.7. The van der Waals surface area contributed by atoms with Gasteiger partial charge in [0.25, 0.3) is 0 Å². The zero-order chi connectivity index (χ0) is 14.0. The molecule has 0 radical (unpaired) electrons. The third kappa shape index (κ3) is 2.66. The first-order valence-corrected chi connectivity index (χ1v) is 7.94. The Morgan fingerprint density at radius 1 is 1.30 bits per heavy atom. The molecule has 3 rings (SSSR count). The van der Waals surface area contributed by atoms with Crippen molar-refractivity contribution in [1.29, 1.82) is 0 Å². The quantitative estimate of drug-likeness (QED) is 0.850. The van der Waals surface area contributed by atoms with Crippen LogP contribution in [0.4, 0.5) is 5.82 Å². The molecule has 1 spiro atoms. The average Bonchev–Trinajstić information content (AvgIpc) is 2.90. The predicted molar refractivity (Wildman–Crippen MR) is 80.1 cm³/mol. The Labute approximate surface area is 121 Å². The number of aryl methyl sites for hydroxylation is 2. The lowest BCUT2D eigenvalue weighted by molar-refractivity contribution is -0.0147. The predicted octanol–water partition coefficient (Wildman–Crippen LogP) is 2.89. The third-order valence-corrected chi connectivity index (χ3v) is 4.64. The van der Waals surface area contributed by atoms with Crippen LogP contribution in [0.2, 0.25) is 0 Å². The first-order chi connectivity index (χ1) is 9.72. The van der Waals surface area contributed by atoms with Gasteiger partial charge in [-0.1, -0.05) is 13.3 Å². The molecule has 0 N–H and O–H groups in total. The van der Waals surface area contributed by atoms with Gasteiger partial charge < -0.3 is 9.64 Å². The Bertz CT molecular complexity index is 459. The number of aromatic nitrogens is 2. The molecule has 0 aromatic carbocycles. The summed E-state index contributed by atoms with van der Waals surface area (Å²) in [4.78, 5) is 11.5. The van der Waals surface area contributed by atoms with E-state index in [0.29, 0.717) is 0 Å². The largest absolute Gasteiger partial charge is 0.375 e. The van der Waals surface area contributed by atoms with Gasteiger partial charge in [-0.25, -0.2) is 9.97 Å². The molecule has 0 amide bonds. The summed E-state index contributed by atoms with van der Waals surface area (Å²) in [6.45, 7) is 7.26. The first kappa shape index (κ1) is 13.8. The molecule has 2 fully saturated rings. The van der Waals surface area contributed by atoms with Crippen molar-refractivity contribution in [2.75, 3.05) is 24.6 Å². The van der Waals surface area contributed by atoms with Crippen molar-refractivity contribution in [3.63, 3.8) is 0 Å². The van der Waals surface area contributed by atoms with E-state index in [0.717, 1.165) is 57.0 Å². The van der Waals surface area contributed by atoms with Gasteiger partial charge in [-0.05, 0) is 39.0 Å². The van der Waals surface area contributed by atoms with Crippen LogP contribution in [0.15, 0.2) is 6.20 Å². The fourth-order valence-corrected chi connectivity index (χ4v) is 3.48. The molecule has 0 bridgehead atoms. The Morgan fingerprint density at radius 3 is 2.75 bits per heavy atom. The van der Waals surface area contributed by atoms with Crippen LogP contribution in [0, 0.1) is 6.92 Å². The number of nitrogens with zero attached hydrogens (tertiary/aromatic N) is 3. The molecule has 2 aliphatic rings. The van der Waals surface area contributed by atoms with Crippen LogP contribution >= 0.6 is 0 Å². The van der Waals surface area contributed by atoms with Crippen LogP contribution in [0.25, 0.3) is 0 Å². The molecule has 4 nitrogen and oxygen atoms in total. The summed E-state index contributed by atoms with van der Waals surface area (Å²) in [6.07, 6.45) is 8.97. The van der Waals surface area contributed by atoms with E-state index in [1.165, 1.54) is 18.4 Å². The highest BCUT2D eigenvalue weighted by Gasteiger charge is 2.38. The number of ether oxygens (including phenoxy) is 1. The van der Waals surface area contributed by atoms with Crippen molar-refractivity contribution < 1.29 is 4.74 Å². The lowest BCUT2D eigenvalue weighted by Gasteiger charge is -2.39. The minimum absolute atomic E-state index is 0.184. The molecule has 0 aliphatic carbocycles. The van der Waals surface area contributed by atoms with Crippen molar-refractivity contribution in [2.24, 2.45) is 0 Å². The topological polar surface area (TPSA) is 38.2 Å². The fraction of sp³-hybridized carbons (Fsp3) is 0.750. The van der Waals surface area contributed by atoms with Crippen LogP contribution in [0.1, 0.15) is 50.4 Å². The van der Waals surface area contributed by atoms with Crippen LogP contribution in [-0.2, 0) is 11.2 Å². The Kier molecular flexibility index (Phi) is 3.92. The standard InChI is InChI=1S/C16H25N3O/c1-3-5-14-12-17-13(2)18-15(14)19-9-7-16(8-10-19)6-4-11-20-16/h12H,3-11H2,1-2H3. The van der Waals surface area contributed by atoms with Gasteiger partial charge in [0.2, 0.25) is 0 Å². The van der Waals surface area contributed by atoms with Gasteiger partial charge in [0.15, 0.2) is 0 Å². The molecular weight excluding hydrogens is 250 g/mol. The number of rotatable bonds is 3. The maximum atomic E-state index is 6.01. The normalized spacial score (nSPS) is 21.6. The molecular formula is C16H25N3O. The summed E-state index contributed by atoms with van der Waals surface area (Å²) >= 11 is 0. The summed E-state index contributed by atoms with van der Waals surface area (Å²) in [5.41, 5.74) is 1.48. The second kappa shape index (κ2) is 5.68. The van der Waals surface area contributed by atoms with Crippen molar-refractivity contribution in [2.45, 2.75) is 58.0 Å². The number of piperidine rings is 1. The van der Waals surface area contributed by atoms with E-state index >= 15 is 0 Å². The number of hydrogen-bond acceptors (Lipinski definition) is 4. The van der Waals surface area contributed by atoms with Crippen LogP contribution in [-0.4, -0.2) is 35.3 Å². The monoisotopic (exact) mass is 275 g/mol. The number of anilines is 1. The second-order valence-electron chi connectivity index (χ2n) is 6.14. The molecule has 110 valence electrons. The average molecular weight is 275 g/mol. The molecule has 1 aromatic rings. The maximum absolute atomic E-state index is 6.01. The van der Waals surface area contributed by atoms with Gasteiger partial charge in [0.05, 0.1) is 5.60 Å². The fourth-order valence-electron chi connectivity index (χ4n) is 3.48. The van der Waals surface area contributed by atoms with E-state index in [1.807, 2.05) is 13.1 Å². The van der Waals surface area contributed by atoms with Crippen molar-refractivity contribution in [1.82, 2.24) is 9.97 Å². The summed E-state index contributed by atoms with van der Waals surface area (Å²) < 4.78 is 6.01. The van der Waals surface area contributed by atoms with Crippen LogP contribution in [0.3, 0.4) is 0 Å². The molecule has 0 unspecified atom stereocenters. The Morgan fingerprint density at radius 2 is 2.10 bits per heavy atom. The lowest BCUT2D eigenvalue weighted by Crippen LogP contribution is -2.44. The third-order valence-electron chi connectivity index (χ3n) is 4.64. The van der Waals surface area contributed by atoms with Crippen molar-refractivity contribution in [3.05, 3.63) is 17.6 Å². The molecule has 20 heavy (non-hydrogen) atoms. The van der Waals surface area contributed by atoms with Crippen molar-refractivity contribution in [3.8, 4) is 0 Å². The minimum atomic E-state index is 0.184. The van der Waals surface area contributed by atoms with Crippen LogP contribution in [0.5, 0.6) is 0 Å². The first-order valence-electron chi connectivity index (χ1n) is 7.94. The van der Waals surface area contributed by atoms with Gasteiger partial charge in [-0.2, -0.15) is 0 Å². The zero-order valence-corrected chi connectivity index (χ0v) is 12.7. The van der Waals surface area contributed by atoms with Crippen LogP contribution < -0.4 is 4.90 Å². The van der Waals surface area contributed by atoms with E-state index < -0.39 is 0 Å². The smallest absolute Gasteiger partial charge is 0.135 e. The highest BCUT2D eigenvalue weighted by molar-refractivity contribution is 5.46. The molecule has 2 aliphatic heterocycles. The molecule has 1 aromatic heterocycles. The van der Waals surface area contributed by atoms with E-state index in [1.54, 1.807) is 0 Å². The van der Waals surface area contributed by atoms with Gasteiger partial charge in [0, 0.05) is 31.5 Å². The van der Waals surface area contributed by atoms with E-state index in [4.69, 9.17) is 9.72 Å². The second-order valence-corrected chi connectivity index (χ2v) is 6.14. The Hall–Kier alpha value is -1.16. The molecule has 0 saturated carbocycles. The summed E-state index contributed by atoms with van der Waals surface area (Å²) in [5.74, 6) is 2.03. The van der Waals surface area contributed by atoms with E-state index in [-0.39, 0.29) is 5.60 Å². The summed E-state index contributed by atoms with van der Waals surface area (Å²) in [6, 6.07) is 0. The van der Waals surface area contributed by atoms with Gasteiger partial charge in [0.1, 0.15) is 11.6 Å². The number of hydrogen-bond donors (Lipinski definition) is 0. The SMILES string of the molecule is CCCc1cnc(C)nc1N1CCC2(CCCO2)CC1. The van der Waals surface area contributed by atoms with Crippen molar-refractivity contribution >= 4 is 5.82 Å². The van der Waals surface area contributed by atoms with Gasteiger partial charge in [-0.15, -0.1) is 0 Å². The Balaban J connectivity index is 1.75. The molecule has 3 heterocycles. The van der Waals surface area contributed by atoms with Gasteiger partial charge in [-0.3, -0.25) is 0 Å². The maximum Gasteiger partial charge on any atom is 0.135 e. The highest BCUT2D eigenvalue weighted by atomic mass is 16.5.